The Kier molecular flexibility index (Phi) is 5.10. The van der Waals surface area contributed by atoms with E-state index in [1.807, 2.05) is 44.3 Å². The Bertz CT molecular complexity index is 686. The highest BCUT2D eigenvalue weighted by Gasteiger charge is 2.32. The van der Waals surface area contributed by atoms with Crippen molar-refractivity contribution < 1.29 is 14.3 Å². The molecular weight excluding hydrogens is 308 g/mol. The molecule has 1 aliphatic rings. The molecule has 0 spiro atoms. The summed E-state index contributed by atoms with van der Waals surface area (Å²) < 4.78 is 12.9. The fraction of sp³-hybridized carbons (Fsp3) is 0.471. The van der Waals surface area contributed by atoms with Gasteiger partial charge in [-0.1, -0.05) is 23.4 Å². The second-order valence-electron chi connectivity index (χ2n) is 5.78. The lowest BCUT2D eigenvalue weighted by molar-refractivity contribution is -0.135. The van der Waals surface area contributed by atoms with Gasteiger partial charge in [-0.3, -0.25) is 9.48 Å². The predicted molar refractivity (Wildman–Crippen MR) is 87.6 cm³/mol. The fourth-order valence-corrected chi connectivity index (χ4v) is 2.95. The van der Waals surface area contributed by atoms with Gasteiger partial charge in [-0.25, -0.2) is 0 Å². The second-order valence-corrected chi connectivity index (χ2v) is 5.78. The van der Waals surface area contributed by atoms with E-state index in [4.69, 9.17) is 9.47 Å². The number of carbonyl (C=O) groups excluding carboxylic acids is 1. The number of carbonyl (C=O) groups is 1. The Morgan fingerprint density at radius 2 is 2.12 bits per heavy atom. The van der Waals surface area contributed by atoms with E-state index < -0.39 is 0 Å². The summed E-state index contributed by atoms with van der Waals surface area (Å²) in [5, 5.41) is 8.27. The lowest BCUT2D eigenvalue weighted by Crippen LogP contribution is -2.42. The number of hydrogen-bond donors (Lipinski definition) is 0. The van der Waals surface area contributed by atoms with Gasteiger partial charge in [-0.05, 0) is 19.1 Å². The first kappa shape index (κ1) is 16.4. The van der Waals surface area contributed by atoms with Crippen molar-refractivity contribution in [3.63, 3.8) is 0 Å². The number of amides is 1. The minimum absolute atomic E-state index is 0.0148. The van der Waals surface area contributed by atoms with E-state index >= 15 is 0 Å². The van der Waals surface area contributed by atoms with Gasteiger partial charge < -0.3 is 14.4 Å². The Balaban J connectivity index is 1.67. The molecule has 24 heavy (non-hydrogen) atoms. The van der Waals surface area contributed by atoms with E-state index in [1.54, 1.807) is 9.58 Å². The average molecular weight is 330 g/mol. The monoisotopic (exact) mass is 330 g/mol. The highest BCUT2D eigenvalue weighted by molar-refractivity contribution is 5.78. The van der Waals surface area contributed by atoms with E-state index in [-0.39, 0.29) is 18.4 Å². The van der Waals surface area contributed by atoms with Crippen LogP contribution in [0.2, 0.25) is 0 Å². The normalized spacial score (nSPS) is 16.8. The van der Waals surface area contributed by atoms with Gasteiger partial charge in [-0.2, -0.15) is 0 Å². The second kappa shape index (κ2) is 7.44. The van der Waals surface area contributed by atoms with E-state index in [9.17, 15) is 4.79 Å². The van der Waals surface area contributed by atoms with Crippen LogP contribution in [0.3, 0.4) is 0 Å². The van der Waals surface area contributed by atoms with Crippen LogP contribution in [-0.4, -0.2) is 52.2 Å². The van der Waals surface area contributed by atoms with Crippen LogP contribution < -0.4 is 4.74 Å². The third kappa shape index (κ3) is 3.56. The first-order valence-corrected chi connectivity index (χ1v) is 8.10. The Hall–Kier alpha value is -2.41. The predicted octanol–water partition coefficient (Wildman–Crippen LogP) is 1.36. The number of fused-ring (bicyclic) bond motifs is 1. The molecule has 2 heterocycles. The zero-order chi connectivity index (χ0) is 16.9. The van der Waals surface area contributed by atoms with E-state index in [2.05, 4.69) is 10.3 Å². The zero-order valence-electron chi connectivity index (χ0n) is 14.0. The molecule has 0 bridgehead atoms. The summed E-state index contributed by atoms with van der Waals surface area (Å²) in [7, 11) is 1.88. The van der Waals surface area contributed by atoms with Crippen molar-refractivity contribution in [3.05, 3.63) is 41.7 Å². The minimum Gasteiger partial charge on any atom is -0.484 e. The van der Waals surface area contributed by atoms with Gasteiger partial charge in [0.2, 0.25) is 0 Å². The van der Waals surface area contributed by atoms with Crippen molar-refractivity contribution in [2.75, 3.05) is 26.4 Å². The fourth-order valence-electron chi connectivity index (χ4n) is 2.95. The lowest BCUT2D eigenvalue weighted by atomic mass is 9.99. The smallest absolute Gasteiger partial charge is 0.260 e. The van der Waals surface area contributed by atoms with Crippen LogP contribution in [0.25, 0.3) is 0 Å². The quantitative estimate of drug-likeness (QED) is 0.800. The number of aromatic nitrogens is 3. The van der Waals surface area contributed by atoms with Gasteiger partial charge in [0.1, 0.15) is 11.4 Å². The van der Waals surface area contributed by atoms with Crippen LogP contribution in [0.1, 0.15) is 24.2 Å². The molecule has 1 amide bonds. The topological polar surface area (TPSA) is 69.5 Å². The molecule has 128 valence electrons. The number of ether oxygens (including phenoxy) is 2. The van der Waals surface area contributed by atoms with E-state index in [1.165, 1.54) is 0 Å². The van der Waals surface area contributed by atoms with Crippen LogP contribution >= 0.6 is 0 Å². The standard InChI is InChI=1S/C17H22N4O3/c1-3-23-11-13-9-21(10-15-17(13)20(2)19-18-15)16(22)12-24-14-7-5-4-6-8-14/h4-8,13H,3,9-12H2,1-2H3/t13-/m0/s1. The van der Waals surface area contributed by atoms with Crippen LogP contribution in [0, 0.1) is 0 Å². The molecule has 0 saturated carbocycles. The number of rotatable bonds is 6. The first-order valence-electron chi connectivity index (χ1n) is 8.10. The third-order valence-corrected chi connectivity index (χ3v) is 4.09. The van der Waals surface area contributed by atoms with Crippen LogP contribution in [0.5, 0.6) is 5.75 Å². The van der Waals surface area contributed by atoms with Gasteiger partial charge in [0.25, 0.3) is 5.91 Å². The molecule has 0 N–H and O–H groups in total. The van der Waals surface area contributed by atoms with Gasteiger partial charge >= 0.3 is 0 Å². The highest BCUT2D eigenvalue weighted by atomic mass is 16.5. The van der Waals surface area contributed by atoms with Gasteiger partial charge in [0.05, 0.1) is 18.8 Å². The van der Waals surface area contributed by atoms with Gasteiger partial charge in [-0.15, -0.1) is 5.10 Å². The Labute approximate surface area is 141 Å². The molecule has 0 unspecified atom stereocenters. The summed E-state index contributed by atoms with van der Waals surface area (Å²) in [6.07, 6.45) is 0. The largest absolute Gasteiger partial charge is 0.484 e. The van der Waals surface area contributed by atoms with Crippen molar-refractivity contribution in [1.29, 1.82) is 0 Å². The average Bonchev–Trinajstić information content (AvgIpc) is 2.99. The molecule has 7 nitrogen and oxygen atoms in total. The van der Waals surface area contributed by atoms with Crippen molar-refractivity contribution in [2.45, 2.75) is 19.4 Å². The van der Waals surface area contributed by atoms with Gasteiger partial charge in [0.15, 0.2) is 6.61 Å². The summed E-state index contributed by atoms with van der Waals surface area (Å²) in [6.45, 7) is 4.22. The molecule has 7 heteroatoms. The number of nitrogens with zero attached hydrogens (tertiary/aromatic N) is 4. The maximum atomic E-state index is 12.5. The summed E-state index contributed by atoms with van der Waals surface area (Å²) in [4.78, 5) is 14.3. The maximum absolute atomic E-state index is 12.5. The molecule has 1 aromatic heterocycles. The molecule has 2 aromatic rings. The molecule has 1 aromatic carbocycles. The molecule has 1 atom stereocenters. The molecule has 0 fully saturated rings. The minimum atomic E-state index is -0.0587. The summed E-state index contributed by atoms with van der Waals surface area (Å²) >= 11 is 0. The number of aryl methyl sites for hydroxylation is 1. The van der Waals surface area contributed by atoms with Crippen molar-refractivity contribution in [1.82, 2.24) is 19.9 Å². The molecule has 0 aliphatic carbocycles. The summed E-state index contributed by atoms with van der Waals surface area (Å²) in [5.74, 6) is 0.708. The zero-order valence-corrected chi connectivity index (χ0v) is 14.0. The molecule has 0 radical (unpaired) electrons. The summed E-state index contributed by atoms with van der Waals surface area (Å²) in [6, 6.07) is 9.34. The van der Waals surface area contributed by atoms with Crippen molar-refractivity contribution in [2.24, 2.45) is 7.05 Å². The number of hydrogen-bond acceptors (Lipinski definition) is 5. The molecule has 3 rings (SSSR count). The van der Waals surface area contributed by atoms with Crippen molar-refractivity contribution in [3.8, 4) is 5.75 Å². The number of para-hydroxylation sites is 1. The highest BCUT2D eigenvalue weighted by Crippen LogP contribution is 2.27. The molecular formula is C17H22N4O3. The lowest BCUT2D eigenvalue weighted by Gasteiger charge is -2.32. The Morgan fingerprint density at radius 3 is 2.88 bits per heavy atom. The van der Waals surface area contributed by atoms with E-state index in [0.717, 1.165) is 11.4 Å². The van der Waals surface area contributed by atoms with Crippen molar-refractivity contribution >= 4 is 5.91 Å². The molecule has 1 aliphatic heterocycles. The molecule has 0 saturated heterocycles. The Morgan fingerprint density at radius 1 is 1.33 bits per heavy atom. The summed E-state index contributed by atoms with van der Waals surface area (Å²) in [5.41, 5.74) is 1.89. The van der Waals surface area contributed by atoms with Crippen LogP contribution in [-0.2, 0) is 23.1 Å². The number of benzene rings is 1. The third-order valence-electron chi connectivity index (χ3n) is 4.09. The van der Waals surface area contributed by atoms with E-state index in [0.29, 0.717) is 32.1 Å². The van der Waals surface area contributed by atoms with Gasteiger partial charge in [0, 0.05) is 26.1 Å². The van der Waals surface area contributed by atoms with Crippen LogP contribution in [0.4, 0.5) is 0 Å². The maximum Gasteiger partial charge on any atom is 0.260 e. The van der Waals surface area contributed by atoms with Crippen LogP contribution in [0.15, 0.2) is 30.3 Å². The first-order chi connectivity index (χ1) is 11.7. The SMILES string of the molecule is CCOC[C@@H]1CN(C(=O)COc2ccccc2)Cc2nnn(C)c21.